The molecule has 7 heteroatoms. The van der Waals surface area contributed by atoms with Gasteiger partial charge in [0.1, 0.15) is 0 Å². The molecule has 0 aromatic carbocycles. The molecule has 4 nitrogen and oxygen atoms in total. The van der Waals surface area contributed by atoms with Gasteiger partial charge in [-0.25, -0.2) is 0 Å². The lowest BCUT2D eigenvalue weighted by Gasteiger charge is -1.88. The summed E-state index contributed by atoms with van der Waals surface area (Å²) in [5.74, 6) is -2.48. The summed E-state index contributed by atoms with van der Waals surface area (Å²) in [5.41, 5.74) is 0. The van der Waals surface area contributed by atoms with Crippen LogP contribution in [0.3, 0.4) is 0 Å². The minimum atomic E-state index is -2.48. The van der Waals surface area contributed by atoms with E-state index in [0.717, 1.165) is 4.80 Å². The smallest absolute Gasteiger partial charge is 0.197 e. The normalized spacial score (nSPS) is 10.8. The molecule has 0 N–H and O–H groups in total. The molecule has 0 aliphatic rings. The molecule has 0 radical (unpaired) electrons. The fraction of sp³-hybridized carbons (Fsp3) is 0.667. The van der Waals surface area contributed by atoms with Gasteiger partial charge in [-0.05, 0) is 17.0 Å². The number of aryl methyl sites for hydroxylation is 1. The van der Waals surface area contributed by atoms with E-state index in [1.807, 2.05) is 0 Å². The summed E-state index contributed by atoms with van der Waals surface area (Å²) in [6.07, 6.45) is 0. The monoisotopic (exact) mass is 166 g/mol. The van der Waals surface area contributed by atoms with E-state index in [1.54, 1.807) is 0 Å². The van der Waals surface area contributed by atoms with Gasteiger partial charge in [-0.15, -0.1) is 10.2 Å². The van der Waals surface area contributed by atoms with Crippen molar-refractivity contribution in [3.63, 3.8) is 0 Å². The first-order chi connectivity index (χ1) is 4.68. The van der Waals surface area contributed by atoms with Crippen LogP contribution >= 0.6 is 11.8 Å². The van der Waals surface area contributed by atoms with Crippen molar-refractivity contribution in [1.29, 1.82) is 0 Å². The van der Waals surface area contributed by atoms with Crippen LogP contribution < -0.4 is 0 Å². The SMILES string of the molecule is Cn1nnc(SC(F)F)n1. The van der Waals surface area contributed by atoms with Crippen molar-refractivity contribution in [1.82, 2.24) is 20.2 Å². The maximum Gasteiger partial charge on any atom is 0.291 e. The second kappa shape index (κ2) is 2.91. The molecule has 0 aliphatic heterocycles. The zero-order valence-electron chi connectivity index (χ0n) is 5.03. The van der Waals surface area contributed by atoms with Crippen molar-refractivity contribution >= 4 is 11.8 Å². The Kier molecular flexibility index (Phi) is 2.15. The summed E-state index contributed by atoms with van der Waals surface area (Å²) in [7, 11) is 1.52. The topological polar surface area (TPSA) is 43.6 Å². The molecule has 0 spiro atoms. The predicted molar refractivity (Wildman–Crippen MR) is 30.7 cm³/mol. The average Bonchev–Trinajstić information content (AvgIpc) is 2.13. The highest BCUT2D eigenvalue weighted by atomic mass is 32.2. The number of nitrogens with zero attached hydrogens (tertiary/aromatic N) is 4. The van der Waals surface area contributed by atoms with E-state index in [0.29, 0.717) is 0 Å². The average molecular weight is 166 g/mol. The van der Waals surface area contributed by atoms with Crippen LogP contribution in [0.2, 0.25) is 0 Å². The zero-order chi connectivity index (χ0) is 7.56. The third-order valence-electron chi connectivity index (χ3n) is 0.684. The summed E-state index contributed by atoms with van der Waals surface area (Å²) in [6, 6.07) is 0. The lowest BCUT2D eigenvalue weighted by Crippen LogP contribution is -1.91. The molecule has 0 fully saturated rings. The molecule has 1 heterocycles. The lowest BCUT2D eigenvalue weighted by atomic mass is 11.4. The molecule has 0 atom stereocenters. The van der Waals surface area contributed by atoms with E-state index >= 15 is 0 Å². The fourth-order valence-electron chi connectivity index (χ4n) is 0.394. The van der Waals surface area contributed by atoms with Crippen molar-refractivity contribution in [2.45, 2.75) is 10.9 Å². The van der Waals surface area contributed by atoms with Gasteiger partial charge < -0.3 is 0 Å². The Morgan fingerprint density at radius 1 is 1.60 bits per heavy atom. The first-order valence-electron chi connectivity index (χ1n) is 2.37. The van der Waals surface area contributed by atoms with Crippen LogP contribution in [0, 0.1) is 0 Å². The van der Waals surface area contributed by atoms with Crippen molar-refractivity contribution < 1.29 is 8.78 Å². The number of rotatable bonds is 2. The maximum absolute atomic E-state index is 11.6. The molecule has 0 unspecified atom stereocenters. The Labute approximate surface area is 59.6 Å². The molecule has 0 saturated heterocycles. The largest absolute Gasteiger partial charge is 0.291 e. The lowest BCUT2D eigenvalue weighted by molar-refractivity contribution is 0.251. The van der Waals surface area contributed by atoms with Crippen LogP contribution in [0.5, 0.6) is 0 Å². The quantitative estimate of drug-likeness (QED) is 0.601. The Balaban J connectivity index is 2.58. The Hall–Kier alpha value is -0.720. The number of aromatic nitrogens is 4. The molecule has 0 amide bonds. The van der Waals surface area contributed by atoms with E-state index < -0.39 is 5.76 Å². The van der Waals surface area contributed by atoms with E-state index in [4.69, 9.17) is 0 Å². The highest BCUT2D eigenvalue weighted by Gasteiger charge is 2.09. The number of thioether (sulfide) groups is 1. The molecule has 1 aromatic heterocycles. The third-order valence-corrected chi connectivity index (χ3v) is 1.24. The second-order valence-corrected chi connectivity index (χ2v) is 2.40. The Morgan fingerprint density at radius 3 is 2.70 bits per heavy atom. The second-order valence-electron chi connectivity index (χ2n) is 1.44. The van der Waals surface area contributed by atoms with Crippen LogP contribution in [0.15, 0.2) is 5.16 Å². The molecule has 0 bridgehead atoms. The third kappa shape index (κ3) is 1.90. The van der Waals surface area contributed by atoms with Crippen molar-refractivity contribution in [3.8, 4) is 0 Å². The van der Waals surface area contributed by atoms with Crippen LogP contribution in [-0.2, 0) is 7.05 Å². The molecule has 1 rings (SSSR count). The molecule has 1 aromatic rings. The number of tetrazole rings is 1. The highest BCUT2D eigenvalue weighted by Crippen LogP contribution is 2.19. The molecular weight excluding hydrogens is 162 g/mol. The van der Waals surface area contributed by atoms with E-state index in [-0.39, 0.29) is 16.9 Å². The van der Waals surface area contributed by atoms with Gasteiger partial charge in [0.15, 0.2) is 0 Å². The Bertz CT molecular complexity index is 212. The minimum Gasteiger partial charge on any atom is -0.197 e. The van der Waals surface area contributed by atoms with E-state index in [9.17, 15) is 8.78 Å². The molecule has 10 heavy (non-hydrogen) atoms. The number of hydrogen-bond acceptors (Lipinski definition) is 4. The van der Waals surface area contributed by atoms with Crippen LogP contribution in [-0.4, -0.2) is 26.0 Å². The first kappa shape index (κ1) is 7.39. The summed E-state index contributed by atoms with van der Waals surface area (Å²) in [5, 5.41) is 10.2. The van der Waals surface area contributed by atoms with Gasteiger partial charge in [0.2, 0.25) is 5.16 Å². The Morgan fingerprint density at radius 2 is 2.30 bits per heavy atom. The van der Waals surface area contributed by atoms with Crippen LogP contribution in [0.4, 0.5) is 8.78 Å². The van der Waals surface area contributed by atoms with Gasteiger partial charge in [-0.1, -0.05) is 0 Å². The van der Waals surface area contributed by atoms with Gasteiger partial charge in [0, 0.05) is 0 Å². The van der Waals surface area contributed by atoms with Crippen molar-refractivity contribution in [2.24, 2.45) is 7.05 Å². The van der Waals surface area contributed by atoms with Gasteiger partial charge in [-0.3, -0.25) is 0 Å². The van der Waals surface area contributed by atoms with Gasteiger partial charge >= 0.3 is 0 Å². The molecule has 0 saturated carbocycles. The zero-order valence-corrected chi connectivity index (χ0v) is 5.85. The standard InChI is InChI=1S/C3H4F2N4S/c1-9-7-3(6-8-9)10-2(4)5/h2H,1H3. The summed E-state index contributed by atoms with van der Waals surface area (Å²) >= 11 is 0.280. The van der Waals surface area contributed by atoms with E-state index in [2.05, 4.69) is 15.4 Å². The fourth-order valence-corrected chi connectivity index (χ4v) is 0.802. The number of alkyl halides is 2. The number of halogens is 2. The van der Waals surface area contributed by atoms with Gasteiger partial charge in [-0.2, -0.15) is 13.6 Å². The molecule has 56 valence electrons. The maximum atomic E-state index is 11.6. The highest BCUT2D eigenvalue weighted by molar-refractivity contribution is 7.99. The summed E-state index contributed by atoms with van der Waals surface area (Å²) in [4.78, 5) is 1.13. The molecule has 0 aliphatic carbocycles. The van der Waals surface area contributed by atoms with Crippen LogP contribution in [0.25, 0.3) is 0 Å². The van der Waals surface area contributed by atoms with E-state index in [1.165, 1.54) is 7.05 Å². The number of hydrogen-bond donors (Lipinski definition) is 0. The first-order valence-corrected chi connectivity index (χ1v) is 3.25. The van der Waals surface area contributed by atoms with Crippen LogP contribution in [0.1, 0.15) is 0 Å². The summed E-state index contributed by atoms with van der Waals surface area (Å²) in [6.45, 7) is 0. The van der Waals surface area contributed by atoms with Crippen molar-refractivity contribution in [2.75, 3.05) is 0 Å². The van der Waals surface area contributed by atoms with Gasteiger partial charge in [0.25, 0.3) is 5.76 Å². The summed E-state index contributed by atoms with van der Waals surface area (Å²) < 4.78 is 23.2. The van der Waals surface area contributed by atoms with Gasteiger partial charge in [0.05, 0.1) is 7.05 Å². The molecular formula is C3H4F2N4S. The predicted octanol–water partition coefficient (Wildman–Crippen LogP) is 0.525. The van der Waals surface area contributed by atoms with Crippen molar-refractivity contribution in [3.05, 3.63) is 0 Å². The minimum absolute atomic E-state index is 0.00231.